The van der Waals surface area contributed by atoms with Crippen molar-refractivity contribution in [3.8, 4) is 0 Å². The van der Waals surface area contributed by atoms with E-state index in [1.54, 1.807) is 0 Å². The van der Waals surface area contributed by atoms with Crippen LogP contribution in [0.1, 0.15) is 50.3 Å². The van der Waals surface area contributed by atoms with Crippen LogP contribution in [0.5, 0.6) is 0 Å². The Morgan fingerprint density at radius 2 is 2.05 bits per heavy atom. The normalized spacial score (nSPS) is 24.0. The van der Waals surface area contributed by atoms with Crippen LogP contribution in [0.4, 0.5) is 0 Å². The highest BCUT2D eigenvalue weighted by Gasteiger charge is 2.35. The minimum Gasteiger partial charge on any atom is -0.334 e. The van der Waals surface area contributed by atoms with E-state index in [2.05, 4.69) is 9.97 Å². The van der Waals surface area contributed by atoms with Crippen LogP contribution in [-0.2, 0) is 4.79 Å². The van der Waals surface area contributed by atoms with Crippen LogP contribution in [-0.4, -0.2) is 27.3 Å². The van der Waals surface area contributed by atoms with E-state index < -0.39 is 0 Å². The summed E-state index contributed by atoms with van der Waals surface area (Å²) in [5.41, 5.74) is 0.488. The number of carbonyl (C=O) groups excluding carboxylic acids is 1. The lowest BCUT2D eigenvalue weighted by atomic mass is 10.1. The predicted octanol–water partition coefficient (Wildman–Crippen LogP) is 1.62. The molecule has 0 spiro atoms. The number of hydrogen-bond donors (Lipinski definition) is 1. The molecule has 1 aliphatic heterocycles. The van der Waals surface area contributed by atoms with Crippen LogP contribution in [0, 0.1) is 5.92 Å². The number of amides is 1. The van der Waals surface area contributed by atoms with Gasteiger partial charge in [-0.1, -0.05) is 12.8 Å². The van der Waals surface area contributed by atoms with Gasteiger partial charge in [-0.3, -0.25) is 4.79 Å². The fourth-order valence-electron chi connectivity index (χ4n) is 3.34. The summed E-state index contributed by atoms with van der Waals surface area (Å²) >= 11 is 0. The van der Waals surface area contributed by atoms with E-state index in [0.717, 1.165) is 37.9 Å². The van der Waals surface area contributed by atoms with Crippen molar-refractivity contribution in [2.24, 2.45) is 5.92 Å². The Hall–Kier alpha value is -1.65. The van der Waals surface area contributed by atoms with E-state index in [1.165, 1.54) is 19.0 Å². The molecule has 1 aromatic rings. The number of hydrogen-bond acceptors (Lipinski definition) is 3. The lowest BCUT2D eigenvalue weighted by Gasteiger charge is -2.27. The van der Waals surface area contributed by atoms with E-state index in [4.69, 9.17) is 0 Å². The van der Waals surface area contributed by atoms with Crippen molar-refractivity contribution in [1.82, 2.24) is 14.9 Å². The van der Waals surface area contributed by atoms with Crippen molar-refractivity contribution in [3.05, 3.63) is 28.4 Å². The fourth-order valence-corrected chi connectivity index (χ4v) is 3.34. The highest BCUT2D eigenvalue weighted by atomic mass is 16.2. The molecule has 1 amide bonds. The second-order valence-electron chi connectivity index (χ2n) is 5.50. The molecule has 1 saturated heterocycles. The second-order valence-corrected chi connectivity index (χ2v) is 5.50. The molecule has 1 saturated carbocycles. The maximum atomic E-state index is 12.5. The number of rotatable bonds is 2. The van der Waals surface area contributed by atoms with Crippen LogP contribution in [0.2, 0.25) is 0 Å². The summed E-state index contributed by atoms with van der Waals surface area (Å²) in [5, 5.41) is 0. The quantitative estimate of drug-likeness (QED) is 0.879. The van der Waals surface area contributed by atoms with E-state index >= 15 is 0 Å². The number of likely N-dealkylation sites (tertiary alicyclic amines) is 1. The van der Waals surface area contributed by atoms with E-state index in [1.807, 2.05) is 11.0 Å². The number of carbonyl (C=O) groups is 1. The number of H-pyrrole nitrogens is 1. The summed E-state index contributed by atoms with van der Waals surface area (Å²) in [4.78, 5) is 32.2. The van der Waals surface area contributed by atoms with Gasteiger partial charge in [0.15, 0.2) is 0 Å². The predicted molar refractivity (Wildman–Crippen MR) is 70.5 cm³/mol. The molecule has 2 aliphatic rings. The Labute approximate surface area is 112 Å². The average molecular weight is 261 g/mol. The number of aromatic amines is 1. The smallest absolute Gasteiger partial charge is 0.334 e. The van der Waals surface area contributed by atoms with Gasteiger partial charge in [0, 0.05) is 24.4 Å². The third-order valence-corrected chi connectivity index (χ3v) is 4.30. The van der Waals surface area contributed by atoms with Gasteiger partial charge in [0.05, 0.1) is 6.04 Å². The first kappa shape index (κ1) is 12.4. The summed E-state index contributed by atoms with van der Waals surface area (Å²) in [6.07, 6.45) is 7.84. The van der Waals surface area contributed by atoms with Crippen molar-refractivity contribution in [3.63, 3.8) is 0 Å². The third kappa shape index (κ3) is 2.41. The SMILES string of the molecule is O=C(C1CCCC1)N1CCCC1c1ccnc(=O)[nH]1. The molecule has 0 bridgehead atoms. The van der Waals surface area contributed by atoms with Crippen LogP contribution < -0.4 is 5.69 Å². The summed E-state index contributed by atoms with van der Waals surface area (Å²) in [7, 11) is 0. The van der Waals surface area contributed by atoms with E-state index in [9.17, 15) is 9.59 Å². The summed E-state index contributed by atoms with van der Waals surface area (Å²) in [6, 6.07) is 1.84. The minimum absolute atomic E-state index is 0.0313. The van der Waals surface area contributed by atoms with Gasteiger partial charge in [-0.2, -0.15) is 0 Å². The lowest BCUT2D eigenvalue weighted by molar-refractivity contribution is -0.136. The van der Waals surface area contributed by atoms with E-state index in [0.29, 0.717) is 0 Å². The van der Waals surface area contributed by atoms with Crippen molar-refractivity contribution in [2.75, 3.05) is 6.54 Å². The van der Waals surface area contributed by atoms with Crippen LogP contribution >= 0.6 is 0 Å². The number of nitrogens with one attached hydrogen (secondary N) is 1. The molecule has 5 heteroatoms. The number of aromatic nitrogens is 2. The van der Waals surface area contributed by atoms with Crippen molar-refractivity contribution in [1.29, 1.82) is 0 Å². The van der Waals surface area contributed by atoms with Crippen LogP contribution in [0.25, 0.3) is 0 Å². The van der Waals surface area contributed by atoms with Gasteiger partial charge in [-0.05, 0) is 31.7 Å². The largest absolute Gasteiger partial charge is 0.345 e. The molecular weight excluding hydrogens is 242 g/mol. The van der Waals surface area contributed by atoms with Crippen LogP contribution in [0.3, 0.4) is 0 Å². The highest BCUT2D eigenvalue weighted by Crippen LogP contribution is 2.35. The molecule has 5 nitrogen and oxygen atoms in total. The Bertz CT molecular complexity index is 519. The Morgan fingerprint density at radius 3 is 2.79 bits per heavy atom. The molecule has 1 aromatic heterocycles. The molecule has 1 atom stereocenters. The maximum Gasteiger partial charge on any atom is 0.345 e. The first-order valence-electron chi connectivity index (χ1n) is 7.11. The Kier molecular flexibility index (Phi) is 3.36. The topological polar surface area (TPSA) is 66.1 Å². The number of nitrogens with zero attached hydrogens (tertiary/aromatic N) is 2. The molecular formula is C14H19N3O2. The van der Waals surface area contributed by atoms with Gasteiger partial charge < -0.3 is 9.88 Å². The van der Waals surface area contributed by atoms with Crippen molar-refractivity contribution in [2.45, 2.75) is 44.6 Å². The average Bonchev–Trinajstić information content (AvgIpc) is 3.09. The van der Waals surface area contributed by atoms with E-state index in [-0.39, 0.29) is 23.6 Å². The molecule has 0 radical (unpaired) electrons. The van der Waals surface area contributed by atoms with Gasteiger partial charge in [0.1, 0.15) is 0 Å². The van der Waals surface area contributed by atoms with Crippen molar-refractivity contribution >= 4 is 5.91 Å². The first-order valence-corrected chi connectivity index (χ1v) is 7.11. The molecule has 102 valence electrons. The molecule has 0 aromatic carbocycles. The second kappa shape index (κ2) is 5.15. The van der Waals surface area contributed by atoms with Gasteiger partial charge in [-0.25, -0.2) is 9.78 Å². The molecule has 1 unspecified atom stereocenters. The zero-order valence-electron chi connectivity index (χ0n) is 11.0. The fraction of sp³-hybridized carbons (Fsp3) is 0.643. The molecule has 2 heterocycles. The summed E-state index contributed by atoms with van der Waals surface area (Å²) in [6.45, 7) is 0.810. The van der Waals surface area contributed by atoms with Gasteiger partial charge in [0.2, 0.25) is 5.91 Å². The van der Waals surface area contributed by atoms with Crippen molar-refractivity contribution < 1.29 is 4.79 Å². The maximum absolute atomic E-state index is 12.5. The van der Waals surface area contributed by atoms with Gasteiger partial charge >= 0.3 is 5.69 Å². The lowest BCUT2D eigenvalue weighted by Crippen LogP contribution is -2.35. The zero-order valence-corrected chi connectivity index (χ0v) is 11.0. The minimum atomic E-state index is -0.335. The molecule has 3 rings (SSSR count). The Balaban J connectivity index is 1.81. The monoisotopic (exact) mass is 261 g/mol. The summed E-state index contributed by atoms with van der Waals surface area (Å²) < 4.78 is 0. The molecule has 1 N–H and O–H groups in total. The van der Waals surface area contributed by atoms with Crippen LogP contribution in [0.15, 0.2) is 17.1 Å². The Morgan fingerprint density at radius 1 is 1.26 bits per heavy atom. The molecule has 2 fully saturated rings. The standard InChI is InChI=1S/C14H19N3O2/c18-13(10-4-1-2-5-10)17-9-3-6-12(17)11-7-8-15-14(19)16-11/h7-8,10,12H,1-6,9H2,(H,15,16,19). The van der Waals surface area contributed by atoms with Gasteiger partial charge in [0.25, 0.3) is 0 Å². The molecule has 19 heavy (non-hydrogen) atoms. The zero-order chi connectivity index (χ0) is 13.2. The third-order valence-electron chi connectivity index (χ3n) is 4.30. The molecule has 1 aliphatic carbocycles. The van der Waals surface area contributed by atoms with Gasteiger partial charge in [-0.15, -0.1) is 0 Å². The summed E-state index contributed by atoms with van der Waals surface area (Å²) in [5.74, 6) is 0.479. The first-order chi connectivity index (χ1) is 9.25. The highest BCUT2D eigenvalue weighted by molar-refractivity contribution is 5.79.